The summed E-state index contributed by atoms with van der Waals surface area (Å²) < 4.78 is 6.38. The molecule has 0 aromatic rings. The zero-order chi connectivity index (χ0) is 13.9. The predicted octanol–water partition coefficient (Wildman–Crippen LogP) is 5.76. The average molecular weight is 283 g/mol. The fourth-order valence-corrected chi connectivity index (χ4v) is 10.3. The molecule has 0 amide bonds. The maximum Gasteiger partial charge on any atom is 0.198 e. The summed E-state index contributed by atoms with van der Waals surface area (Å²) in [5, 5.41) is 0. The minimum Gasteiger partial charge on any atom is -0.419 e. The van der Waals surface area contributed by atoms with E-state index in [1.165, 1.54) is 57.4 Å². The van der Waals surface area contributed by atoms with Crippen LogP contribution in [0.15, 0.2) is 0 Å². The second-order valence-electron chi connectivity index (χ2n) is 7.43. The molecule has 2 heteroatoms. The van der Waals surface area contributed by atoms with E-state index in [0.29, 0.717) is 0 Å². The van der Waals surface area contributed by atoms with Gasteiger partial charge in [-0.1, -0.05) is 72.1 Å². The van der Waals surface area contributed by atoms with Gasteiger partial charge in [0.05, 0.1) is 0 Å². The Bertz CT molecular complexity index is 234. The smallest absolute Gasteiger partial charge is 0.198 e. The Kier molecular flexibility index (Phi) is 5.53. The number of rotatable bonds is 4. The van der Waals surface area contributed by atoms with Crippen molar-refractivity contribution in [1.82, 2.24) is 0 Å². The van der Waals surface area contributed by atoms with Gasteiger partial charge >= 0.3 is 0 Å². The van der Waals surface area contributed by atoms with Crippen molar-refractivity contribution in [3.05, 3.63) is 0 Å². The van der Waals surface area contributed by atoms with Gasteiger partial charge in [-0.25, -0.2) is 0 Å². The van der Waals surface area contributed by atoms with Crippen LogP contribution < -0.4 is 0 Å². The van der Waals surface area contributed by atoms with Gasteiger partial charge in [-0.3, -0.25) is 0 Å². The van der Waals surface area contributed by atoms with Gasteiger partial charge in [-0.15, -0.1) is 0 Å². The van der Waals surface area contributed by atoms with Crippen molar-refractivity contribution in [2.45, 2.75) is 89.3 Å². The van der Waals surface area contributed by atoms with Gasteiger partial charge in [-0.2, -0.15) is 0 Å². The van der Waals surface area contributed by atoms with Crippen molar-refractivity contribution in [3.8, 4) is 0 Å². The number of hydrogen-bond donors (Lipinski definition) is 0. The van der Waals surface area contributed by atoms with E-state index in [9.17, 15) is 0 Å². The Morgan fingerprint density at radius 1 is 0.789 bits per heavy atom. The minimum atomic E-state index is -1.50. The Labute approximate surface area is 121 Å². The van der Waals surface area contributed by atoms with Gasteiger partial charge in [0.15, 0.2) is 8.32 Å². The number of hydrogen-bond acceptors (Lipinski definition) is 1. The SMILES string of the molecule is CC[Si](OC)(C1CCC(C)CC1)C1CCC(C)CC1. The third-order valence-corrected chi connectivity index (χ3v) is 12.1. The van der Waals surface area contributed by atoms with Crippen LogP contribution in [-0.4, -0.2) is 15.4 Å². The molecular weight excluding hydrogens is 248 g/mol. The lowest BCUT2D eigenvalue weighted by Crippen LogP contribution is -2.48. The maximum absolute atomic E-state index is 6.38. The zero-order valence-electron chi connectivity index (χ0n) is 13.6. The molecule has 0 heterocycles. The summed E-state index contributed by atoms with van der Waals surface area (Å²) >= 11 is 0. The summed E-state index contributed by atoms with van der Waals surface area (Å²) in [7, 11) is 0.546. The third-order valence-electron chi connectivity index (χ3n) is 6.35. The van der Waals surface area contributed by atoms with Crippen molar-refractivity contribution in [2.75, 3.05) is 7.11 Å². The van der Waals surface area contributed by atoms with Crippen LogP contribution in [0.3, 0.4) is 0 Å². The van der Waals surface area contributed by atoms with E-state index in [2.05, 4.69) is 20.8 Å². The highest BCUT2D eigenvalue weighted by Crippen LogP contribution is 2.51. The first-order chi connectivity index (χ1) is 9.12. The third kappa shape index (κ3) is 3.26. The standard InChI is InChI=1S/C17H34OSi/c1-5-19(18-4,16-10-6-14(2)7-11-16)17-12-8-15(3)9-13-17/h14-17H,5-13H2,1-4H3. The highest BCUT2D eigenvalue weighted by Gasteiger charge is 2.48. The molecule has 0 N–H and O–H groups in total. The Morgan fingerprint density at radius 3 is 1.42 bits per heavy atom. The molecule has 0 bridgehead atoms. The quantitative estimate of drug-likeness (QED) is 0.596. The largest absolute Gasteiger partial charge is 0.419 e. The summed E-state index contributed by atoms with van der Waals surface area (Å²) in [6, 6.07) is 1.35. The molecule has 0 saturated heterocycles. The van der Waals surface area contributed by atoms with Gasteiger partial charge in [0.1, 0.15) is 0 Å². The van der Waals surface area contributed by atoms with Crippen molar-refractivity contribution in [2.24, 2.45) is 11.8 Å². The Balaban J connectivity index is 2.08. The first kappa shape index (κ1) is 15.6. The zero-order valence-corrected chi connectivity index (χ0v) is 14.6. The van der Waals surface area contributed by atoms with E-state index in [0.717, 1.165) is 22.9 Å². The lowest BCUT2D eigenvalue weighted by molar-refractivity contribution is 0.285. The van der Waals surface area contributed by atoms with Crippen LogP contribution in [0, 0.1) is 11.8 Å². The first-order valence-electron chi connectivity index (χ1n) is 8.67. The highest BCUT2D eigenvalue weighted by atomic mass is 28.4. The normalized spacial score (nSPS) is 39.8. The molecule has 0 aromatic carbocycles. The van der Waals surface area contributed by atoms with Crippen molar-refractivity contribution in [1.29, 1.82) is 0 Å². The molecule has 0 radical (unpaired) electrons. The molecule has 0 atom stereocenters. The molecular formula is C17H34OSi. The van der Waals surface area contributed by atoms with E-state index in [4.69, 9.17) is 4.43 Å². The van der Waals surface area contributed by atoms with Crippen LogP contribution >= 0.6 is 0 Å². The van der Waals surface area contributed by atoms with E-state index in [1.807, 2.05) is 7.11 Å². The van der Waals surface area contributed by atoms with Crippen LogP contribution in [0.5, 0.6) is 0 Å². The van der Waals surface area contributed by atoms with E-state index in [1.54, 1.807) is 0 Å². The molecule has 19 heavy (non-hydrogen) atoms. The lowest BCUT2D eigenvalue weighted by atomic mass is 9.90. The van der Waals surface area contributed by atoms with Crippen molar-refractivity contribution < 1.29 is 4.43 Å². The van der Waals surface area contributed by atoms with Crippen LogP contribution in [0.1, 0.15) is 72.1 Å². The Hall–Kier alpha value is 0.177. The topological polar surface area (TPSA) is 9.23 Å². The second-order valence-corrected chi connectivity index (χ2v) is 12.1. The molecule has 0 aromatic heterocycles. The van der Waals surface area contributed by atoms with Crippen molar-refractivity contribution >= 4 is 8.32 Å². The van der Waals surface area contributed by atoms with Crippen LogP contribution in [0.4, 0.5) is 0 Å². The molecule has 2 aliphatic carbocycles. The summed E-state index contributed by atoms with van der Waals surface area (Å²) in [6.07, 6.45) is 11.6. The fraction of sp³-hybridized carbons (Fsp3) is 1.00. The molecule has 2 rings (SSSR count). The fourth-order valence-electron chi connectivity index (χ4n) is 4.89. The van der Waals surface area contributed by atoms with Crippen LogP contribution in [0.25, 0.3) is 0 Å². The Morgan fingerprint density at radius 2 is 1.16 bits per heavy atom. The molecule has 2 aliphatic rings. The molecule has 0 spiro atoms. The van der Waals surface area contributed by atoms with Gasteiger partial charge < -0.3 is 4.43 Å². The average Bonchev–Trinajstić information content (AvgIpc) is 2.44. The summed E-state index contributed by atoms with van der Waals surface area (Å²) in [6.45, 7) is 7.28. The summed E-state index contributed by atoms with van der Waals surface area (Å²) in [4.78, 5) is 0. The maximum atomic E-state index is 6.38. The summed E-state index contributed by atoms with van der Waals surface area (Å²) in [5.41, 5.74) is 1.91. The molecule has 0 aliphatic heterocycles. The molecule has 0 unspecified atom stereocenters. The highest BCUT2D eigenvalue weighted by molar-refractivity contribution is 6.76. The van der Waals surface area contributed by atoms with E-state index in [-0.39, 0.29) is 0 Å². The lowest BCUT2D eigenvalue weighted by Gasteiger charge is -2.47. The van der Waals surface area contributed by atoms with Gasteiger partial charge in [0.25, 0.3) is 0 Å². The molecule has 1 nitrogen and oxygen atoms in total. The minimum absolute atomic E-state index is 0.956. The van der Waals surface area contributed by atoms with Gasteiger partial charge in [-0.05, 0) is 29.0 Å². The second kappa shape index (κ2) is 6.75. The first-order valence-corrected chi connectivity index (χ1v) is 10.9. The monoisotopic (exact) mass is 282 g/mol. The van der Waals surface area contributed by atoms with E-state index >= 15 is 0 Å². The van der Waals surface area contributed by atoms with Crippen LogP contribution in [-0.2, 0) is 4.43 Å². The molecule has 112 valence electrons. The van der Waals surface area contributed by atoms with Crippen LogP contribution in [0.2, 0.25) is 17.1 Å². The predicted molar refractivity (Wildman–Crippen MR) is 86.0 cm³/mol. The van der Waals surface area contributed by atoms with Gasteiger partial charge in [0.2, 0.25) is 0 Å². The van der Waals surface area contributed by atoms with Gasteiger partial charge in [0, 0.05) is 7.11 Å². The summed E-state index contributed by atoms with van der Waals surface area (Å²) in [5.74, 6) is 1.92. The molecule has 2 fully saturated rings. The van der Waals surface area contributed by atoms with E-state index < -0.39 is 8.32 Å². The van der Waals surface area contributed by atoms with Crippen molar-refractivity contribution in [3.63, 3.8) is 0 Å². The molecule has 2 saturated carbocycles.